The molecule has 0 unspecified atom stereocenters. The second kappa shape index (κ2) is 9.12. The Hall–Kier alpha value is -2.22. The molecule has 1 aromatic heterocycles. The summed E-state index contributed by atoms with van der Waals surface area (Å²) in [6.07, 6.45) is 2.44. The van der Waals surface area contributed by atoms with Gasteiger partial charge in [-0.25, -0.2) is 4.98 Å². The first-order valence-corrected chi connectivity index (χ1v) is 10.0. The number of aromatic nitrogens is 1. The van der Waals surface area contributed by atoms with Crippen LogP contribution >= 0.6 is 38.9 Å². The summed E-state index contributed by atoms with van der Waals surface area (Å²) in [4.78, 5) is 29.4. The predicted octanol–water partition coefficient (Wildman–Crippen LogP) is 4.52. The Morgan fingerprint density at radius 3 is 2.59 bits per heavy atom. The maximum Gasteiger partial charge on any atom is 0.252 e. The molecule has 0 aliphatic heterocycles. The number of nitrogens with zero attached hydrogens (tertiary/aromatic N) is 1. The number of amides is 2. The summed E-state index contributed by atoms with van der Waals surface area (Å²) in [5.41, 5.74) is 1.59. The molecular formula is C19H15BrClN3O2S. The molecule has 27 heavy (non-hydrogen) atoms. The van der Waals surface area contributed by atoms with E-state index in [1.54, 1.807) is 24.4 Å². The van der Waals surface area contributed by atoms with E-state index in [1.807, 2.05) is 30.3 Å². The molecule has 0 atom stereocenters. The highest BCUT2D eigenvalue weighted by molar-refractivity contribution is 9.10. The minimum atomic E-state index is -0.331. The van der Waals surface area contributed by atoms with Gasteiger partial charge in [0.25, 0.3) is 5.91 Å². The Bertz CT molecular complexity index is 960. The third-order valence-electron chi connectivity index (χ3n) is 3.62. The predicted molar refractivity (Wildman–Crippen MR) is 111 cm³/mol. The van der Waals surface area contributed by atoms with Crippen LogP contribution in [0.2, 0.25) is 5.02 Å². The van der Waals surface area contributed by atoms with Crippen LogP contribution in [0.5, 0.6) is 0 Å². The summed E-state index contributed by atoms with van der Waals surface area (Å²) in [6.45, 7) is -0.133. The van der Waals surface area contributed by atoms with E-state index in [0.29, 0.717) is 26.6 Å². The maximum absolute atomic E-state index is 12.1. The average molecular weight is 465 g/mol. The monoisotopic (exact) mass is 463 g/mol. The Labute approximate surface area is 173 Å². The topological polar surface area (TPSA) is 71.1 Å². The van der Waals surface area contributed by atoms with Gasteiger partial charge in [0.2, 0.25) is 5.91 Å². The molecular weight excluding hydrogens is 450 g/mol. The van der Waals surface area contributed by atoms with Crippen LogP contribution < -0.4 is 10.6 Å². The molecule has 3 aromatic rings. The van der Waals surface area contributed by atoms with Crippen LogP contribution in [-0.2, 0) is 11.2 Å². The summed E-state index contributed by atoms with van der Waals surface area (Å²) in [5, 5.41) is 6.49. The molecule has 2 aromatic carbocycles. The zero-order chi connectivity index (χ0) is 19.2. The first-order chi connectivity index (χ1) is 13.0. The van der Waals surface area contributed by atoms with E-state index in [2.05, 4.69) is 31.5 Å². The Morgan fingerprint density at radius 2 is 1.85 bits per heavy atom. The molecule has 138 valence electrons. The number of nitrogens with one attached hydrogen (secondary N) is 2. The zero-order valence-corrected chi connectivity index (χ0v) is 17.2. The molecule has 0 fully saturated rings. The lowest BCUT2D eigenvalue weighted by Crippen LogP contribution is -2.33. The fraction of sp³-hybridized carbons (Fsp3) is 0.105. The summed E-state index contributed by atoms with van der Waals surface area (Å²) in [7, 11) is 0. The van der Waals surface area contributed by atoms with Gasteiger partial charge in [-0.3, -0.25) is 9.59 Å². The van der Waals surface area contributed by atoms with Crippen molar-refractivity contribution in [3.63, 3.8) is 0 Å². The van der Waals surface area contributed by atoms with Gasteiger partial charge in [0, 0.05) is 27.0 Å². The molecule has 0 aliphatic carbocycles. The SMILES string of the molecule is O=C(CNC(=O)c1ccccc1Br)Nc1ncc(Cc2ccc(Cl)cc2)s1. The fourth-order valence-corrected chi connectivity index (χ4v) is 3.77. The minimum absolute atomic E-state index is 0.133. The summed E-state index contributed by atoms with van der Waals surface area (Å²) in [6, 6.07) is 14.6. The van der Waals surface area contributed by atoms with E-state index < -0.39 is 0 Å². The lowest BCUT2D eigenvalue weighted by Gasteiger charge is -2.06. The van der Waals surface area contributed by atoms with Crippen molar-refractivity contribution in [3.8, 4) is 0 Å². The Balaban J connectivity index is 1.51. The van der Waals surface area contributed by atoms with Crippen molar-refractivity contribution < 1.29 is 9.59 Å². The molecule has 0 radical (unpaired) electrons. The number of thiazole rings is 1. The van der Waals surface area contributed by atoms with E-state index in [-0.39, 0.29) is 18.4 Å². The lowest BCUT2D eigenvalue weighted by molar-refractivity contribution is -0.115. The van der Waals surface area contributed by atoms with Gasteiger partial charge in [0.1, 0.15) is 0 Å². The van der Waals surface area contributed by atoms with Crippen molar-refractivity contribution in [2.45, 2.75) is 6.42 Å². The summed E-state index contributed by atoms with van der Waals surface area (Å²) < 4.78 is 0.676. The van der Waals surface area contributed by atoms with Crippen LogP contribution in [0.25, 0.3) is 0 Å². The molecule has 2 N–H and O–H groups in total. The van der Waals surface area contributed by atoms with E-state index in [4.69, 9.17) is 11.6 Å². The van der Waals surface area contributed by atoms with Crippen LogP contribution in [0.4, 0.5) is 5.13 Å². The number of rotatable bonds is 6. The van der Waals surface area contributed by atoms with Gasteiger partial charge in [0.05, 0.1) is 12.1 Å². The van der Waals surface area contributed by atoms with Crippen molar-refractivity contribution in [1.29, 1.82) is 0 Å². The quantitative estimate of drug-likeness (QED) is 0.563. The molecule has 2 amide bonds. The summed E-state index contributed by atoms with van der Waals surface area (Å²) >= 11 is 10.6. The smallest absolute Gasteiger partial charge is 0.252 e. The van der Waals surface area contributed by atoms with Gasteiger partial charge in [-0.1, -0.05) is 35.9 Å². The molecule has 0 saturated heterocycles. The lowest BCUT2D eigenvalue weighted by atomic mass is 10.1. The Morgan fingerprint density at radius 1 is 1.11 bits per heavy atom. The number of carbonyl (C=O) groups is 2. The van der Waals surface area contributed by atoms with Gasteiger partial charge >= 0.3 is 0 Å². The van der Waals surface area contributed by atoms with Crippen molar-refractivity contribution in [1.82, 2.24) is 10.3 Å². The molecule has 0 aliphatic rings. The number of hydrogen-bond donors (Lipinski definition) is 2. The summed E-state index contributed by atoms with van der Waals surface area (Å²) in [5.74, 6) is -0.650. The van der Waals surface area contributed by atoms with Crippen molar-refractivity contribution in [2.24, 2.45) is 0 Å². The average Bonchev–Trinajstić information content (AvgIpc) is 3.09. The van der Waals surface area contributed by atoms with Crippen LogP contribution in [-0.4, -0.2) is 23.3 Å². The number of halogens is 2. The van der Waals surface area contributed by atoms with E-state index in [9.17, 15) is 9.59 Å². The highest BCUT2D eigenvalue weighted by Gasteiger charge is 2.12. The van der Waals surface area contributed by atoms with Gasteiger partial charge in [0.15, 0.2) is 5.13 Å². The Kier molecular flexibility index (Phi) is 6.60. The van der Waals surface area contributed by atoms with Gasteiger partial charge in [-0.2, -0.15) is 0 Å². The van der Waals surface area contributed by atoms with E-state index >= 15 is 0 Å². The number of carbonyl (C=O) groups excluding carboxylic acids is 2. The van der Waals surface area contributed by atoms with Gasteiger partial charge in [-0.15, -0.1) is 11.3 Å². The zero-order valence-electron chi connectivity index (χ0n) is 14.0. The molecule has 0 spiro atoms. The van der Waals surface area contributed by atoms with Crippen LogP contribution in [0, 0.1) is 0 Å². The van der Waals surface area contributed by atoms with E-state index in [1.165, 1.54) is 11.3 Å². The molecule has 1 heterocycles. The second-order valence-electron chi connectivity index (χ2n) is 5.65. The second-order valence-corrected chi connectivity index (χ2v) is 8.05. The first-order valence-electron chi connectivity index (χ1n) is 8.03. The molecule has 8 heteroatoms. The van der Waals surface area contributed by atoms with Gasteiger partial charge in [-0.05, 0) is 45.8 Å². The minimum Gasteiger partial charge on any atom is -0.343 e. The fourth-order valence-electron chi connectivity index (χ4n) is 2.32. The number of anilines is 1. The third-order valence-corrected chi connectivity index (χ3v) is 5.48. The van der Waals surface area contributed by atoms with Crippen molar-refractivity contribution >= 4 is 55.8 Å². The van der Waals surface area contributed by atoms with Crippen molar-refractivity contribution in [2.75, 3.05) is 11.9 Å². The molecule has 3 rings (SSSR count). The van der Waals surface area contributed by atoms with Crippen molar-refractivity contribution in [3.05, 3.63) is 80.2 Å². The van der Waals surface area contributed by atoms with Crippen LogP contribution in [0.1, 0.15) is 20.8 Å². The number of benzene rings is 2. The van der Waals surface area contributed by atoms with E-state index in [0.717, 1.165) is 10.4 Å². The molecule has 5 nitrogen and oxygen atoms in total. The largest absolute Gasteiger partial charge is 0.343 e. The van der Waals surface area contributed by atoms with Crippen LogP contribution in [0.3, 0.4) is 0 Å². The van der Waals surface area contributed by atoms with Crippen LogP contribution in [0.15, 0.2) is 59.2 Å². The maximum atomic E-state index is 12.1. The third kappa shape index (κ3) is 5.63. The first kappa shape index (κ1) is 19.5. The van der Waals surface area contributed by atoms with Gasteiger partial charge < -0.3 is 10.6 Å². The highest BCUT2D eigenvalue weighted by atomic mass is 79.9. The normalized spacial score (nSPS) is 10.4. The molecule has 0 saturated carbocycles. The number of hydrogen-bond acceptors (Lipinski definition) is 4. The molecule has 0 bridgehead atoms. The standard InChI is InChI=1S/C19H15BrClN3O2S/c20-16-4-2-1-3-15(16)18(26)22-11-17(25)24-19-23-10-14(27-19)9-12-5-7-13(21)8-6-12/h1-8,10H,9,11H2,(H,22,26)(H,23,24,25). The highest BCUT2D eigenvalue weighted by Crippen LogP contribution is 2.22.